The molecule has 2 amide bonds. The lowest BCUT2D eigenvalue weighted by Gasteiger charge is -2.36. The van der Waals surface area contributed by atoms with Crippen LogP contribution >= 0.6 is 0 Å². The zero-order valence-electron chi connectivity index (χ0n) is 17.5. The molecule has 7 heteroatoms. The largest absolute Gasteiger partial charge is 0.497 e. The number of nitrogens with one attached hydrogen (secondary N) is 2. The van der Waals surface area contributed by atoms with Gasteiger partial charge in [0.1, 0.15) is 5.75 Å². The molecule has 1 aliphatic rings. The second-order valence-corrected chi connectivity index (χ2v) is 7.31. The van der Waals surface area contributed by atoms with Crippen LogP contribution in [-0.4, -0.2) is 63.1 Å². The predicted molar refractivity (Wildman–Crippen MR) is 118 cm³/mol. The number of amides is 2. The maximum Gasteiger partial charge on any atom is 0.309 e. The molecule has 0 saturated carbocycles. The predicted octanol–water partition coefficient (Wildman–Crippen LogP) is 1.64. The molecule has 1 saturated heterocycles. The second kappa shape index (κ2) is 11.2. The van der Waals surface area contributed by atoms with Crippen molar-refractivity contribution in [3.8, 4) is 5.75 Å². The Balaban J connectivity index is 1.29. The van der Waals surface area contributed by atoms with Gasteiger partial charge in [-0.2, -0.15) is 0 Å². The van der Waals surface area contributed by atoms with Crippen LogP contribution in [0.15, 0.2) is 54.6 Å². The number of hydrogen-bond donors (Lipinski definition) is 2. The quantitative estimate of drug-likeness (QED) is 0.511. The molecule has 1 aliphatic heterocycles. The van der Waals surface area contributed by atoms with E-state index in [1.807, 2.05) is 30.3 Å². The molecular formula is C23H30N4O3. The van der Waals surface area contributed by atoms with Crippen LogP contribution in [0.5, 0.6) is 5.75 Å². The van der Waals surface area contributed by atoms with Crippen LogP contribution in [0.3, 0.4) is 0 Å². The van der Waals surface area contributed by atoms with E-state index in [-0.39, 0.29) is 6.54 Å². The molecule has 0 bridgehead atoms. The van der Waals surface area contributed by atoms with Crippen molar-refractivity contribution in [2.24, 2.45) is 0 Å². The van der Waals surface area contributed by atoms with Gasteiger partial charge in [0.05, 0.1) is 7.11 Å². The summed E-state index contributed by atoms with van der Waals surface area (Å²) in [6, 6.07) is 17.8. The number of ether oxygens (including phenoxy) is 1. The van der Waals surface area contributed by atoms with E-state index in [2.05, 4.69) is 44.7 Å². The number of para-hydroxylation sites is 1. The van der Waals surface area contributed by atoms with Gasteiger partial charge < -0.3 is 20.3 Å². The fourth-order valence-corrected chi connectivity index (χ4v) is 3.50. The van der Waals surface area contributed by atoms with Gasteiger partial charge in [-0.15, -0.1) is 0 Å². The molecule has 0 unspecified atom stereocenters. The van der Waals surface area contributed by atoms with E-state index in [0.29, 0.717) is 6.54 Å². The number of methoxy groups -OCH3 is 1. The number of hydrogen-bond acceptors (Lipinski definition) is 5. The van der Waals surface area contributed by atoms with E-state index in [1.165, 1.54) is 5.69 Å². The summed E-state index contributed by atoms with van der Waals surface area (Å²) >= 11 is 0. The molecule has 160 valence electrons. The third-order valence-electron chi connectivity index (χ3n) is 5.22. The molecule has 0 radical (unpaired) electrons. The number of carbonyl (C=O) groups is 2. The molecule has 0 atom stereocenters. The van der Waals surface area contributed by atoms with Crippen molar-refractivity contribution in [1.82, 2.24) is 15.5 Å². The minimum absolute atomic E-state index is 0.287. The molecule has 0 spiro atoms. The third kappa shape index (κ3) is 6.49. The zero-order chi connectivity index (χ0) is 21.2. The van der Waals surface area contributed by atoms with Crippen molar-refractivity contribution in [2.45, 2.75) is 13.0 Å². The number of rotatable bonds is 8. The van der Waals surface area contributed by atoms with E-state index in [0.717, 1.165) is 50.5 Å². The van der Waals surface area contributed by atoms with E-state index in [4.69, 9.17) is 4.74 Å². The summed E-state index contributed by atoms with van der Waals surface area (Å²) < 4.78 is 5.15. The Morgan fingerprint density at radius 3 is 2.40 bits per heavy atom. The standard InChI is InChI=1S/C23H30N4O3/c1-30-21-10-5-7-19(17-21)18-25-23(29)22(28)24-11-6-12-26-13-15-27(16-14-26)20-8-3-2-4-9-20/h2-5,7-10,17H,6,11-16,18H2,1H3,(H,24,28)(H,25,29). The Morgan fingerprint density at radius 2 is 1.67 bits per heavy atom. The maximum absolute atomic E-state index is 12.0. The van der Waals surface area contributed by atoms with Gasteiger partial charge in [0.25, 0.3) is 0 Å². The first-order chi connectivity index (χ1) is 14.7. The van der Waals surface area contributed by atoms with Gasteiger partial charge in [0.15, 0.2) is 0 Å². The Kier molecular flexibility index (Phi) is 8.09. The lowest BCUT2D eigenvalue weighted by Crippen LogP contribution is -2.47. The number of nitrogens with zero attached hydrogens (tertiary/aromatic N) is 2. The lowest BCUT2D eigenvalue weighted by molar-refractivity contribution is -0.139. The topological polar surface area (TPSA) is 73.9 Å². The number of anilines is 1. The van der Waals surface area contributed by atoms with Crippen LogP contribution in [-0.2, 0) is 16.1 Å². The first-order valence-corrected chi connectivity index (χ1v) is 10.4. The summed E-state index contributed by atoms with van der Waals surface area (Å²) in [7, 11) is 1.59. The van der Waals surface area contributed by atoms with Gasteiger partial charge >= 0.3 is 11.8 Å². The zero-order valence-corrected chi connectivity index (χ0v) is 17.5. The van der Waals surface area contributed by atoms with Gasteiger partial charge in [-0.1, -0.05) is 30.3 Å². The van der Waals surface area contributed by atoms with E-state index < -0.39 is 11.8 Å². The van der Waals surface area contributed by atoms with Crippen molar-refractivity contribution in [3.63, 3.8) is 0 Å². The van der Waals surface area contributed by atoms with Gasteiger partial charge in [0.2, 0.25) is 0 Å². The number of carbonyl (C=O) groups excluding carboxylic acids is 2. The Morgan fingerprint density at radius 1 is 0.933 bits per heavy atom. The Bertz CT molecular complexity index is 820. The van der Waals surface area contributed by atoms with E-state index >= 15 is 0 Å². The van der Waals surface area contributed by atoms with Gasteiger partial charge in [-0.05, 0) is 42.8 Å². The van der Waals surface area contributed by atoms with Crippen LogP contribution in [0.2, 0.25) is 0 Å². The highest BCUT2D eigenvalue weighted by Crippen LogP contribution is 2.15. The fraction of sp³-hybridized carbons (Fsp3) is 0.391. The average molecular weight is 411 g/mol. The molecular weight excluding hydrogens is 380 g/mol. The van der Waals surface area contributed by atoms with Crippen LogP contribution in [0.1, 0.15) is 12.0 Å². The first kappa shape index (κ1) is 21.6. The molecule has 2 aromatic carbocycles. The summed E-state index contributed by atoms with van der Waals surface area (Å²) in [5.74, 6) is -0.489. The van der Waals surface area contributed by atoms with Gasteiger partial charge in [0, 0.05) is 45.0 Å². The van der Waals surface area contributed by atoms with Crippen molar-refractivity contribution < 1.29 is 14.3 Å². The summed E-state index contributed by atoms with van der Waals surface area (Å²) in [5.41, 5.74) is 2.15. The average Bonchev–Trinajstić information content (AvgIpc) is 2.81. The molecule has 1 heterocycles. The molecule has 3 rings (SSSR count). The summed E-state index contributed by atoms with van der Waals surface area (Å²) in [6.45, 7) is 5.70. The van der Waals surface area contributed by atoms with Crippen LogP contribution < -0.4 is 20.3 Å². The molecule has 7 nitrogen and oxygen atoms in total. The number of piperazine rings is 1. The minimum atomic E-state index is -0.616. The highest BCUT2D eigenvalue weighted by atomic mass is 16.5. The molecule has 30 heavy (non-hydrogen) atoms. The summed E-state index contributed by atoms with van der Waals surface area (Å²) in [5, 5.41) is 5.34. The van der Waals surface area contributed by atoms with Crippen molar-refractivity contribution in [3.05, 3.63) is 60.2 Å². The molecule has 0 aromatic heterocycles. The fourth-order valence-electron chi connectivity index (χ4n) is 3.50. The van der Waals surface area contributed by atoms with Crippen molar-refractivity contribution in [1.29, 1.82) is 0 Å². The van der Waals surface area contributed by atoms with Gasteiger partial charge in [-0.3, -0.25) is 14.5 Å². The Labute approximate surface area is 178 Å². The normalized spacial score (nSPS) is 14.2. The lowest BCUT2D eigenvalue weighted by atomic mass is 10.2. The van der Waals surface area contributed by atoms with Crippen LogP contribution in [0, 0.1) is 0 Å². The van der Waals surface area contributed by atoms with Crippen LogP contribution in [0.25, 0.3) is 0 Å². The SMILES string of the molecule is COc1cccc(CNC(=O)C(=O)NCCCN2CCN(c3ccccc3)CC2)c1. The molecule has 0 aliphatic carbocycles. The smallest absolute Gasteiger partial charge is 0.309 e. The maximum atomic E-state index is 12.0. The summed E-state index contributed by atoms with van der Waals surface area (Å²) in [6.07, 6.45) is 0.820. The monoisotopic (exact) mass is 410 g/mol. The number of benzene rings is 2. The van der Waals surface area contributed by atoms with Crippen molar-refractivity contribution >= 4 is 17.5 Å². The molecule has 2 aromatic rings. The van der Waals surface area contributed by atoms with Crippen molar-refractivity contribution in [2.75, 3.05) is 51.3 Å². The highest BCUT2D eigenvalue weighted by molar-refractivity contribution is 6.35. The summed E-state index contributed by atoms with van der Waals surface area (Å²) in [4.78, 5) is 28.7. The van der Waals surface area contributed by atoms with E-state index in [9.17, 15) is 9.59 Å². The van der Waals surface area contributed by atoms with Crippen LogP contribution in [0.4, 0.5) is 5.69 Å². The second-order valence-electron chi connectivity index (χ2n) is 7.31. The minimum Gasteiger partial charge on any atom is -0.497 e. The van der Waals surface area contributed by atoms with Gasteiger partial charge in [-0.25, -0.2) is 0 Å². The molecule has 2 N–H and O–H groups in total. The molecule has 1 fully saturated rings. The first-order valence-electron chi connectivity index (χ1n) is 10.4. The van der Waals surface area contributed by atoms with E-state index in [1.54, 1.807) is 7.11 Å². The highest BCUT2D eigenvalue weighted by Gasteiger charge is 2.17. The third-order valence-corrected chi connectivity index (χ3v) is 5.22. The Hall–Kier alpha value is -3.06.